The lowest BCUT2D eigenvalue weighted by molar-refractivity contribution is -0.230. The van der Waals surface area contributed by atoms with E-state index < -0.39 is 18.5 Å². The van der Waals surface area contributed by atoms with Gasteiger partial charge in [-0.15, -0.1) is 12.3 Å². The summed E-state index contributed by atoms with van der Waals surface area (Å²) in [6, 6.07) is 0. The third-order valence-electron chi connectivity index (χ3n) is 2.53. The highest BCUT2D eigenvalue weighted by atomic mass is 16.6. The van der Waals surface area contributed by atoms with Gasteiger partial charge in [-0.3, -0.25) is 0 Å². The van der Waals surface area contributed by atoms with Crippen LogP contribution in [0.25, 0.3) is 0 Å². The van der Waals surface area contributed by atoms with E-state index in [4.69, 9.17) is 11.2 Å². The molecule has 3 nitrogen and oxygen atoms in total. The minimum atomic E-state index is -0.802. The second-order valence-corrected chi connectivity index (χ2v) is 3.73. The summed E-state index contributed by atoms with van der Waals surface area (Å²) in [7, 11) is 0. The zero-order chi connectivity index (χ0) is 10.0. The molecule has 1 saturated heterocycles. The molecule has 1 fully saturated rings. The standard InChI is InChI=1S/C10H16O3/c1-4-6(2)9-8(11)5-7(3)10(12)13-9/h1,6-12H,5H2,2-3H3. The van der Waals surface area contributed by atoms with Gasteiger partial charge < -0.3 is 14.9 Å². The molecule has 0 bridgehead atoms. The minimum absolute atomic E-state index is 0.0313. The largest absolute Gasteiger partial charge is 0.390 e. The zero-order valence-electron chi connectivity index (χ0n) is 7.97. The summed E-state index contributed by atoms with van der Waals surface area (Å²) in [6.07, 6.45) is 3.96. The molecule has 1 heterocycles. The van der Waals surface area contributed by atoms with Gasteiger partial charge in [-0.2, -0.15) is 0 Å². The summed E-state index contributed by atoms with van der Waals surface area (Å²) in [6.45, 7) is 3.64. The molecule has 2 N–H and O–H groups in total. The van der Waals surface area contributed by atoms with E-state index in [1.807, 2.05) is 6.92 Å². The summed E-state index contributed by atoms with van der Waals surface area (Å²) in [5.74, 6) is 2.30. The molecule has 0 aromatic rings. The summed E-state index contributed by atoms with van der Waals surface area (Å²) < 4.78 is 5.23. The van der Waals surface area contributed by atoms with Gasteiger partial charge in [0, 0.05) is 11.8 Å². The van der Waals surface area contributed by atoms with Crippen LogP contribution in [0.5, 0.6) is 0 Å². The molecule has 3 heteroatoms. The molecule has 0 aromatic carbocycles. The molecular weight excluding hydrogens is 168 g/mol. The molecule has 0 amide bonds. The highest BCUT2D eigenvalue weighted by molar-refractivity contribution is 4.98. The molecule has 0 radical (unpaired) electrons. The van der Waals surface area contributed by atoms with Gasteiger partial charge in [-0.25, -0.2) is 0 Å². The van der Waals surface area contributed by atoms with Gasteiger partial charge in [0.05, 0.1) is 12.2 Å². The van der Waals surface area contributed by atoms with Crippen LogP contribution in [0.1, 0.15) is 20.3 Å². The van der Waals surface area contributed by atoms with Crippen LogP contribution in [0.2, 0.25) is 0 Å². The van der Waals surface area contributed by atoms with Crippen LogP contribution in [0, 0.1) is 24.2 Å². The lowest BCUT2D eigenvalue weighted by Crippen LogP contribution is -2.46. The van der Waals surface area contributed by atoms with Crippen molar-refractivity contribution in [2.45, 2.75) is 38.8 Å². The van der Waals surface area contributed by atoms with Crippen molar-refractivity contribution in [1.29, 1.82) is 0 Å². The predicted octanol–water partition coefficient (Wildman–Crippen LogP) is 0.360. The zero-order valence-corrected chi connectivity index (χ0v) is 7.97. The summed E-state index contributed by atoms with van der Waals surface area (Å²) in [5, 5.41) is 19.0. The van der Waals surface area contributed by atoms with Gasteiger partial charge in [0.2, 0.25) is 0 Å². The van der Waals surface area contributed by atoms with Crippen molar-refractivity contribution in [2.24, 2.45) is 11.8 Å². The number of aliphatic hydroxyl groups is 2. The first-order chi connectivity index (χ1) is 6.06. The Balaban J connectivity index is 2.62. The molecule has 74 valence electrons. The van der Waals surface area contributed by atoms with E-state index in [0.29, 0.717) is 6.42 Å². The van der Waals surface area contributed by atoms with E-state index in [2.05, 4.69) is 5.92 Å². The Kier molecular flexibility index (Phi) is 3.32. The van der Waals surface area contributed by atoms with E-state index in [1.165, 1.54) is 0 Å². The average Bonchev–Trinajstić information content (AvgIpc) is 2.10. The van der Waals surface area contributed by atoms with Crippen LogP contribution < -0.4 is 0 Å². The maximum absolute atomic E-state index is 9.63. The Morgan fingerprint density at radius 1 is 1.54 bits per heavy atom. The Morgan fingerprint density at radius 3 is 2.69 bits per heavy atom. The van der Waals surface area contributed by atoms with Crippen molar-refractivity contribution in [1.82, 2.24) is 0 Å². The number of hydrogen-bond donors (Lipinski definition) is 2. The van der Waals surface area contributed by atoms with Crippen molar-refractivity contribution in [3.05, 3.63) is 0 Å². The Bertz CT molecular complexity index is 209. The lowest BCUT2D eigenvalue weighted by Gasteiger charge is -2.37. The van der Waals surface area contributed by atoms with Crippen LogP contribution in [0.3, 0.4) is 0 Å². The highest BCUT2D eigenvalue weighted by Gasteiger charge is 2.36. The van der Waals surface area contributed by atoms with Gasteiger partial charge >= 0.3 is 0 Å². The number of terminal acetylenes is 1. The van der Waals surface area contributed by atoms with Crippen LogP contribution >= 0.6 is 0 Å². The fourth-order valence-electron chi connectivity index (χ4n) is 1.56. The third kappa shape index (κ3) is 2.22. The van der Waals surface area contributed by atoms with Crippen molar-refractivity contribution >= 4 is 0 Å². The number of rotatable bonds is 1. The highest BCUT2D eigenvalue weighted by Crippen LogP contribution is 2.27. The quantitative estimate of drug-likeness (QED) is 0.578. The third-order valence-corrected chi connectivity index (χ3v) is 2.53. The van der Waals surface area contributed by atoms with Gasteiger partial charge in [-0.05, 0) is 13.3 Å². The summed E-state index contributed by atoms with van der Waals surface area (Å²) in [5.41, 5.74) is 0. The van der Waals surface area contributed by atoms with E-state index in [1.54, 1.807) is 6.92 Å². The van der Waals surface area contributed by atoms with Crippen LogP contribution in [-0.4, -0.2) is 28.7 Å². The predicted molar refractivity (Wildman–Crippen MR) is 48.7 cm³/mol. The monoisotopic (exact) mass is 184 g/mol. The second kappa shape index (κ2) is 4.10. The molecule has 1 aliphatic heterocycles. The van der Waals surface area contributed by atoms with E-state index >= 15 is 0 Å². The van der Waals surface area contributed by atoms with E-state index in [0.717, 1.165) is 0 Å². The second-order valence-electron chi connectivity index (χ2n) is 3.73. The molecule has 0 aromatic heterocycles. The number of ether oxygens (including phenoxy) is 1. The molecule has 0 spiro atoms. The van der Waals surface area contributed by atoms with Crippen molar-refractivity contribution in [3.8, 4) is 12.3 Å². The maximum Gasteiger partial charge on any atom is 0.157 e. The molecule has 5 atom stereocenters. The molecule has 13 heavy (non-hydrogen) atoms. The Morgan fingerprint density at radius 2 is 2.15 bits per heavy atom. The topological polar surface area (TPSA) is 49.7 Å². The van der Waals surface area contributed by atoms with E-state index in [-0.39, 0.29) is 11.8 Å². The molecule has 0 saturated carbocycles. The van der Waals surface area contributed by atoms with Gasteiger partial charge in [-0.1, -0.05) is 6.92 Å². The maximum atomic E-state index is 9.63. The fourth-order valence-corrected chi connectivity index (χ4v) is 1.56. The SMILES string of the molecule is C#CC(C)C1OC(O)C(C)CC1O. The molecule has 0 aliphatic carbocycles. The minimum Gasteiger partial charge on any atom is -0.390 e. The molecular formula is C10H16O3. The van der Waals surface area contributed by atoms with Crippen molar-refractivity contribution in [3.63, 3.8) is 0 Å². The van der Waals surface area contributed by atoms with Gasteiger partial charge in [0.25, 0.3) is 0 Å². The smallest absolute Gasteiger partial charge is 0.157 e. The average molecular weight is 184 g/mol. The van der Waals surface area contributed by atoms with Crippen LogP contribution in [0.15, 0.2) is 0 Å². The van der Waals surface area contributed by atoms with Crippen LogP contribution in [0.4, 0.5) is 0 Å². The number of aliphatic hydroxyl groups excluding tert-OH is 2. The first kappa shape index (κ1) is 10.5. The Hall–Kier alpha value is -0.560. The normalized spacial score (nSPS) is 42.4. The summed E-state index contributed by atoms with van der Waals surface area (Å²) >= 11 is 0. The Labute approximate surface area is 78.7 Å². The van der Waals surface area contributed by atoms with Gasteiger partial charge in [0.15, 0.2) is 6.29 Å². The molecule has 1 rings (SSSR count). The number of hydrogen-bond acceptors (Lipinski definition) is 3. The van der Waals surface area contributed by atoms with E-state index in [9.17, 15) is 10.2 Å². The van der Waals surface area contributed by atoms with Crippen LogP contribution in [-0.2, 0) is 4.74 Å². The first-order valence-electron chi connectivity index (χ1n) is 4.54. The molecule has 5 unspecified atom stereocenters. The lowest BCUT2D eigenvalue weighted by atomic mass is 9.90. The summed E-state index contributed by atoms with van der Waals surface area (Å²) in [4.78, 5) is 0. The first-order valence-corrected chi connectivity index (χ1v) is 4.54. The van der Waals surface area contributed by atoms with Crippen molar-refractivity contribution < 1.29 is 14.9 Å². The molecule has 1 aliphatic rings. The van der Waals surface area contributed by atoms with Gasteiger partial charge in [0.1, 0.15) is 0 Å². The van der Waals surface area contributed by atoms with Crippen molar-refractivity contribution in [2.75, 3.05) is 0 Å². The fraction of sp³-hybridized carbons (Fsp3) is 0.800.